The zero-order valence-electron chi connectivity index (χ0n) is 59.0. The minimum atomic E-state index is -4.81. The molecule has 586 valence electrons. The van der Waals surface area contributed by atoms with Gasteiger partial charge in [0, 0.05) is 101 Å². The lowest BCUT2D eigenvalue weighted by atomic mass is 10.0. The van der Waals surface area contributed by atoms with Crippen molar-refractivity contribution in [2.24, 2.45) is 0 Å². The lowest BCUT2D eigenvalue weighted by molar-refractivity contribution is -0.137. The number of nitrogen functional groups attached to an aromatic ring is 4. The number of H-pyrrole nitrogens is 1. The van der Waals surface area contributed by atoms with Gasteiger partial charge in [0.1, 0.15) is 41.6 Å². The topological polar surface area (TPSA) is 509 Å². The SMILES string of the molecule is Cc1cc(C(=O)N2CC(CO[P@](C)(=O)N3C[C@@H](CO[P@](C)(=O)N4C[C@@H](CO[P@](C)(=O)N5C[C@@H](CO[P@](C)(=O)C6C[C@@H](CO)O[C@@H](n7cnc8c(N)ncnc87)C6)O[C@@H](n6ccc(N)nc6=O)C5)O[C@@H](n5ccc(N)nc5=O)C4)O[C@@H](n4ccc(N)nc4=O)C3)O[C@@H](n3cc(C)c(=O)[nH]c3=O)C2)cc(C(F)(F)F)c1. The number of aromatic nitrogens is 12. The molecule has 5 aliphatic heterocycles. The van der Waals surface area contributed by atoms with Crippen molar-refractivity contribution in [1.29, 1.82) is 0 Å². The van der Waals surface area contributed by atoms with Crippen molar-refractivity contribution in [3.63, 3.8) is 0 Å². The van der Waals surface area contributed by atoms with E-state index in [0.29, 0.717) is 17.2 Å². The summed E-state index contributed by atoms with van der Waals surface area (Å²) in [6.45, 7) is 3.13. The maximum Gasteiger partial charge on any atom is 0.416 e. The Morgan fingerprint density at radius 1 is 0.574 bits per heavy atom. The number of benzene rings is 1. The Morgan fingerprint density at radius 2 is 1.03 bits per heavy atom. The number of carbonyl (C=O) groups excluding carboxylic acids is 1. The Kier molecular flexibility index (Phi) is 23.4. The number of fused-ring (bicyclic) bond motifs is 1. The molecule has 0 saturated carbocycles. The van der Waals surface area contributed by atoms with Gasteiger partial charge in [0.15, 0.2) is 36.4 Å². The summed E-state index contributed by atoms with van der Waals surface area (Å²) in [4.78, 5) is 108. The molecule has 108 heavy (non-hydrogen) atoms. The number of nitrogens with zero attached hydrogens (tertiary/aromatic N) is 15. The third-order valence-corrected chi connectivity index (χ3v) is 27.3. The second kappa shape index (κ2) is 31.7. The van der Waals surface area contributed by atoms with Crippen LogP contribution < -0.4 is 51.3 Å². The van der Waals surface area contributed by atoms with Gasteiger partial charge < -0.3 is 74.7 Å². The smallest absolute Gasteiger partial charge is 0.394 e. The van der Waals surface area contributed by atoms with Gasteiger partial charge in [-0.25, -0.2) is 48.1 Å². The van der Waals surface area contributed by atoms with Gasteiger partial charge in [0.05, 0.1) is 95.5 Å². The number of hydrogen-bond acceptors (Lipinski definition) is 30. The molecule has 12 rings (SSSR count). The van der Waals surface area contributed by atoms with Gasteiger partial charge in [0.2, 0.25) is 7.37 Å². The summed E-state index contributed by atoms with van der Waals surface area (Å²) in [6, 6.07) is 6.81. The second-order valence-electron chi connectivity index (χ2n) is 27.0. The average Bonchev–Trinajstić information content (AvgIpc) is 1.36. The molecule has 0 spiro atoms. The van der Waals surface area contributed by atoms with Crippen LogP contribution in [0.4, 0.5) is 36.4 Å². The number of halogens is 3. The first-order chi connectivity index (χ1) is 50.9. The predicted molar refractivity (Wildman–Crippen MR) is 379 cm³/mol. The van der Waals surface area contributed by atoms with E-state index in [1.165, 1.54) is 116 Å². The van der Waals surface area contributed by atoms with E-state index < -0.39 is 176 Å². The van der Waals surface area contributed by atoms with E-state index in [4.69, 9.17) is 64.7 Å². The summed E-state index contributed by atoms with van der Waals surface area (Å²) in [5.74, 6) is -1.11. The first-order valence-electron chi connectivity index (χ1n) is 33.7. The lowest BCUT2D eigenvalue weighted by Gasteiger charge is -2.43. The third-order valence-electron chi connectivity index (χ3n) is 18.9. The number of nitrogens with two attached hydrogens (primary N) is 4. The lowest BCUT2D eigenvalue weighted by Crippen LogP contribution is -2.52. The van der Waals surface area contributed by atoms with Crippen molar-refractivity contribution in [2.75, 3.05) is 135 Å². The van der Waals surface area contributed by atoms with Gasteiger partial charge in [-0.05, 0) is 62.2 Å². The summed E-state index contributed by atoms with van der Waals surface area (Å²) in [6.07, 6.45) is -8.23. The number of imidazole rings is 1. The molecular weight excluding hydrogens is 1510 g/mol. The second-order valence-corrected chi connectivity index (χ2v) is 37.1. The van der Waals surface area contributed by atoms with Gasteiger partial charge in [-0.1, -0.05) is 0 Å². The van der Waals surface area contributed by atoms with Crippen LogP contribution in [0.2, 0.25) is 0 Å². The molecule has 1 aromatic carbocycles. The fourth-order valence-corrected chi connectivity index (χ4v) is 19.6. The van der Waals surface area contributed by atoms with Crippen molar-refractivity contribution in [1.82, 2.24) is 76.6 Å². The first kappa shape index (κ1) is 79.5. The molecule has 2 unspecified atom stereocenters. The Bertz CT molecular complexity index is 5050. The van der Waals surface area contributed by atoms with Crippen LogP contribution >= 0.6 is 29.9 Å². The molecule has 5 fully saturated rings. The predicted octanol–water partition coefficient (Wildman–Crippen LogP) is 2.23. The summed E-state index contributed by atoms with van der Waals surface area (Å²) in [7, 11) is -16.2. The Labute approximate surface area is 611 Å². The van der Waals surface area contributed by atoms with E-state index in [-0.39, 0.29) is 105 Å². The molecule has 40 nitrogen and oxygen atoms in total. The number of aliphatic hydroxyl groups excluding tert-OH is 1. The molecule has 47 heteroatoms. The number of nitrogens with one attached hydrogen (secondary N) is 1. The molecule has 0 radical (unpaired) electrons. The molecule has 5 aliphatic rings. The summed E-state index contributed by atoms with van der Waals surface area (Å²) >= 11 is 0. The highest BCUT2D eigenvalue weighted by Gasteiger charge is 2.47. The maximum atomic E-state index is 15.3. The Hall–Kier alpha value is -8.05. The number of aromatic amines is 1. The highest BCUT2D eigenvalue weighted by atomic mass is 31.2. The number of rotatable bonds is 23. The van der Waals surface area contributed by atoms with E-state index in [1.54, 1.807) is 4.57 Å². The fraction of sp³-hybridized carbons (Fsp3) is 0.541. The van der Waals surface area contributed by atoms with E-state index in [1.807, 2.05) is 0 Å². The molecule has 6 aromatic heterocycles. The van der Waals surface area contributed by atoms with Crippen LogP contribution in [0.3, 0.4) is 0 Å². The number of aliphatic hydroxyl groups is 1. The fourth-order valence-electron chi connectivity index (χ4n) is 13.2. The third kappa shape index (κ3) is 18.0. The monoisotopic (exact) mass is 1590 g/mol. The quantitative estimate of drug-likeness (QED) is 0.0500. The summed E-state index contributed by atoms with van der Waals surface area (Å²) in [5.41, 5.74) is 18.2. The largest absolute Gasteiger partial charge is 0.416 e. The van der Waals surface area contributed by atoms with E-state index in [2.05, 4.69) is 34.9 Å². The minimum Gasteiger partial charge on any atom is -0.394 e. The van der Waals surface area contributed by atoms with E-state index in [9.17, 15) is 51.6 Å². The van der Waals surface area contributed by atoms with Crippen LogP contribution in [0.5, 0.6) is 0 Å². The number of alkyl halides is 3. The number of anilines is 4. The van der Waals surface area contributed by atoms with Crippen molar-refractivity contribution >= 4 is 70.3 Å². The summed E-state index contributed by atoms with van der Waals surface area (Å²) in [5, 5.41) is 10.4. The van der Waals surface area contributed by atoms with Crippen LogP contribution in [-0.4, -0.2) is 236 Å². The molecule has 15 atom stereocenters. The number of aryl methyl sites for hydroxylation is 2. The van der Waals surface area contributed by atoms with E-state index >= 15 is 13.7 Å². The maximum absolute atomic E-state index is 15.3. The zero-order chi connectivity index (χ0) is 77.7. The number of hydrogen-bond donors (Lipinski definition) is 6. The van der Waals surface area contributed by atoms with Crippen molar-refractivity contribution in [2.45, 2.75) is 100 Å². The number of carbonyl (C=O) groups is 1. The number of morpholine rings is 4. The van der Waals surface area contributed by atoms with Crippen LogP contribution in [0, 0.1) is 13.8 Å². The standard InChI is InChI=1S/C61H81F3N20O20P4/c1-34-13-36(15-37(14-34)61(62,63)64)56(87)76-19-39(101-48(23-76)83-18-35(2)55(86)75-60(83)91)29-97-106(4,93)78-21-41(103-50(25-78)81-11-8-45(66)73-58(81)89)31-99-108(6,95)79-22-42(104-51(26-79)82-12-9-46(67)74-59(82)90)30-98-107(5,94)77-20-40(102-49(24-77)80-10-7-44(65)72-57(80)88)28-96-105(3,92)43-16-38(27-85)100-47(17-43)84-33-71-52-53(68)69-32-70-54(52)84/h7-15,18,32-33,38-43,47-51,85H,16-17,19-31H2,1-6H3,(H2,65,72,88)(H2,66,73,89)(H2,67,74,90)(H2,68,69,70)(H,75,86,91)/t38-,39?,40-,41-,42-,43?,47+,48+,49+,50+,51+,105-,106-,107-,108-/m0/s1. The molecule has 10 N–H and O–H groups in total. The number of amides is 1. The minimum absolute atomic E-state index is 0.0752. The van der Waals surface area contributed by atoms with Gasteiger partial charge in [-0.3, -0.25) is 55.7 Å². The van der Waals surface area contributed by atoms with Crippen molar-refractivity contribution < 1.29 is 83.1 Å². The average molecular weight is 1600 g/mol. The van der Waals surface area contributed by atoms with Gasteiger partial charge in [-0.15, -0.1) is 0 Å². The van der Waals surface area contributed by atoms with Crippen LogP contribution in [-0.2, 0) is 66.2 Å². The molecule has 5 saturated heterocycles. The van der Waals surface area contributed by atoms with Crippen LogP contribution in [0.25, 0.3) is 11.2 Å². The molecule has 11 heterocycles. The summed E-state index contributed by atoms with van der Waals surface area (Å²) < 4.78 is 169. The molecule has 1 amide bonds. The first-order valence-corrected chi connectivity index (χ1v) is 41.9. The van der Waals surface area contributed by atoms with Crippen molar-refractivity contribution in [3.05, 3.63) is 148 Å². The van der Waals surface area contributed by atoms with Gasteiger partial charge in [0.25, 0.3) is 34.0 Å². The van der Waals surface area contributed by atoms with E-state index in [0.717, 1.165) is 29.2 Å². The van der Waals surface area contributed by atoms with Gasteiger partial charge in [-0.2, -0.15) is 28.1 Å². The Morgan fingerprint density at radius 3 is 1.49 bits per heavy atom. The molecule has 0 bridgehead atoms. The molecular formula is C61H81F3N20O20P4. The number of ether oxygens (including phenoxy) is 5. The Balaban J connectivity index is 0.755. The van der Waals surface area contributed by atoms with Crippen molar-refractivity contribution in [3.8, 4) is 0 Å². The highest BCUT2D eigenvalue weighted by molar-refractivity contribution is 7.59. The van der Waals surface area contributed by atoms with Crippen LogP contribution in [0.1, 0.15) is 71.0 Å². The normalized spacial score (nSPS) is 26.6. The van der Waals surface area contributed by atoms with Gasteiger partial charge >= 0.3 is 28.9 Å². The van der Waals surface area contributed by atoms with Crippen LogP contribution in [0.15, 0.2) is 97.8 Å². The zero-order valence-corrected chi connectivity index (χ0v) is 62.6. The molecule has 0 aliphatic carbocycles. The highest BCUT2D eigenvalue weighted by Crippen LogP contribution is 2.57. The molecule has 7 aromatic rings.